The van der Waals surface area contributed by atoms with E-state index in [0.29, 0.717) is 11.1 Å². The Labute approximate surface area is 68.0 Å². The fourth-order valence-corrected chi connectivity index (χ4v) is 1.48. The topological polar surface area (TPSA) is 17.1 Å². The summed E-state index contributed by atoms with van der Waals surface area (Å²) in [6.07, 6.45) is 0.283. The SMILES string of the molecule is O=C1Cc2cc(F)cc(F)c2C1. The number of hydrogen-bond acceptors (Lipinski definition) is 1. The molecule has 0 amide bonds. The van der Waals surface area contributed by atoms with Crippen LogP contribution in [-0.4, -0.2) is 5.78 Å². The number of fused-ring (bicyclic) bond motifs is 1. The van der Waals surface area contributed by atoms with Gasteiger partial charge in [0.2, 0.25) is 0 Å². The van der Waals surface area contributed by atoms with Crippen LogP contribution in [0.1, 0.15) is 11.1 Å². The van der Waals surface area contributed by atoms with Crippen molar-refractivity contribution in [1.29, 1.82) is 0 Å². The van der Waals surface area contributed by atoms with E-state index in [1.807, 2.05) is 0 Å². The van der Waals surface area contributed by atoms with Crippen molar-refractivity contribution in [2.75, 3.05) is 0 Å². The normalized spacial score (nSPS) is 15.0. The molecule has 0 fully saturated rings. The molecule has 3 heteroatoms. The van der Waals surface area contributed by atoms with E-state index in [1.165, 1.54) is 6.07 Å². The number of benzene rings is 1. The first-order chi connectivity index (χ1) is 5.66. The van der Waals surface area contributed by atoms with Gasteiger partial charge < -0.3 is 0 Å². The predicted molar refractivity (Wildman–Crippen MR) is 38.8 cm³/mol. The van der Waals surface area contributed by atoms with Gasteiger partial charge in [0, 0.05) is 18.9 Å². The Morgan fingerprint density at radius 2 is 1.92 bits per heavy atom. The zero-order chi connectivity index (χ0) is 8.72. The van der Waals surface area contributed by atoms with Crippen LogP contribution in [0.5, 0.6) is 0 Å². The summed E-state index contributed by atoms with van der Waals surface area (Å²) in [6, 6.07) is 2.04. The molecule has 12 heavy (non-hydrogen) atoms. The van der Waals surface area contributed by atoms with E-state index in [2.05, 4.69) is 0 Å². The van der Waals surface area contributed by atoms with Gasteiger partial charge in [0.15, 0.2) is 0 Å². The van der Waals surface area contributed by atoms with Gasteiger partial charge in [-0.05, 0) is 17.2 Å². The average Bonchev–Trinajstić information content (AvgIpc) is 2.29. The molecule has 1 aromatic rings. The second-order valence-electron chi connectivity index (χ2n) is 2.92. The summed E-state index contributed by atoms with van der Waals surface area (Å²) < 4.78 is 25.5. The highest BCUT2D eigenvalue weighted by Crippen LogP contribution is 2.23. The van der Waals surface area contributed by atoms with Gasteiger partial charge in [0.25, 0.3) is 0 Å². The lowest BCUT2D eigenvalue weighted by molar-refractivity contribution is -0.117. The minimum Gasteiger partial charge on any atom is -0.299 e. The molecular weight excluding hydrogens is 162 g/mol. The van der Waals surface area contributed by atoms with Crippen LogP contribution in [0.15, 0.2) is 12.1 Å². The Balaban J connectivity index is 2.59. The molecule has 1 nitrogen and oxygen atoms in total. The van der Waals surface area contributed by atoms with E-state index in [9.17, 15) is 13.6 Å². The van der Waals surface area contributed by atoms with Crippen LogP contribution in [0.3, 0.4) is 0 Å². The lowest BCUT2D eigenvalue weighted by atomic mass is 10.1. The molecule has 62 valence electrons. The van der Waals surface area contributed by atoms with Crippen LogP contribution < -0.4 is 0 Å². The monoisotopic (exact) mass is 168 g/mol. The molecule has 0 aromatic heterocycles. The number of Topliss-reactive ketones (excluding diaryl/α,β-unsaturated/α-hetero) is 1. The summed E-state index contributed by atoms with van der Waals surface area (Å²) in [4.78, 5) is 10.9. The lowest BCUT2D eigenvalue weighted by Gasteiger charge is -1.98. The fourth-order valence-electron chi connectivity index (χ4n) is 1.48. The van der Waals surface area contributed by atoms with E-state index in [0.717, 1.165) is 6.07 Å². The maximum atomic E-state index is 12.9. The second-order valence-corrected chi connectivity index (χ2v) is 2.92. The van der Waals surface area contributed by atoms with Gasteiger partial charge in [-0.25, -0.2) is 8.78 Å². The molecule has 1 aliphatic rings. The van der Waals surface area contributed by atoms with E-state index in [4.69, 9.17) is 0 Å². The molecule has 0 aliphatic heterocycles. The quantitative estimate of drug-likeness (QED) is 0.575. The van der Waals surface area contributed by atoms with Gasteiger partial charge in [-0.2, -0.15) is 0 Å². The molecule has 1 aliphatic carbocycles. The van der Waals surface area contributed by atoms with Crippen molar-refractivity contribution in [2.24, 2.45) is 0 Å². The number of ketones is 1. The van der Waals surface area contributed by atoms with E-state index in [1.54, 1.807) is 0 Å². The van der Waals surface area contributed by atoms with Crippen LogP contribution in [0.25, 0.3) is 0 Å². The smallest absolute Gasteiger partial charge is 0.141 e. The summed E-state index contributed by atoms with van der Waals surface area (Å²) in [5, 5.41) is 0. The lowest BCUT2D eigenvalue weighted by Crippen LogP contribution is -1.93. The maximum Gasteiger partial charge on any atom is 0.141 e. The summed E-state index contributed by atoms with van der Waals surface area (Å²) in [6.45, 7) is 0. The van der Waals surface area contributed by atoms with Crippen LogP contribution in [0.2, 0.25) is 0 Å². The Bertz CT molecular complexity index is 358. The highest BCUT2D eigenvalue weighted by molar-refractivity contribution is 5.87. The number of carbonyl (C=O) groups is 1. The largest absolute Gasteiger partial charge is 0.299 e. The summed E-state index contributed by atoms with van der Waals surface area (Å²) >= 11 is 0. The van der Waals surface area contributed by atoms with Gasteiger partial charge in [-0.3, -0.25) is 4.79 Å². The molecular formula is C9H6F2O. The van der Waals surface area contributed by atoms with Crippen LogP contribution in [0, 0.1) is 11.6 Å². The Morgan fingerprint density at radius 3 is 2.67 bits per heavy atom. The van der Waals surface area contributed by atoms with E-state index >= 15 is 0 Å². The summed E-state index contributed by atoms with van der Waals surface area (Å²) in [5.41, 5.74) is 0.860. The highest BCUT2D eigenvalue weighted by atomic mass is 19.1. The molecule has 0 radical (unpaired) electrons. The minimum atomic E-state index is -0.610. The van der Waals surface area contributed by atoms with Crippen molar-refractivity contribution in [2.45, 2.75) is 12.8 Å². The van der Waals surface area contributed by atoms with E-state index < -0.39 is 11.6 Å². The van der Waals surface area contributed by atoms with Gasteiger partial charge in [-0.15, -0.1) is 0 Å². The number of rotatable bonds is 0. The molecule has 0 N–H and O–H groups in total. The Hall–Kier alpha value is -1.25. The molecule has 1 aromatic carbocycles. The maximum absolute atomic E-state index is 12.9. The first-order valence-electron chi connectivity index (χ1n) is 3.65. The second kappa shape index (κ2) is 2.37. The summed E-state index contributed by atoms with van der Waals surface area (Å²) in [5.74, 6) is -1.26. The van der Waals surface area contributed by atoms with E-state index in [-0.39, 0.29) is 18.6 Å². The fraction of sp³-hybridized carbons (Fsp3) is 0.222. The van der Waals surface area contributed by atoms with Crippen molar-refractivity contribution in [1.82, 2.24) is 0 Å². The zero-order valence-corrected chi connectivity index (χ0v) is 6.23. The van der Waals surface area contributed by atoms with Gasteiger partial charge >= 0.3 is 0 Å². The minimum absolute atomic E-state index is 0.0468. The zero-order valence-electron chi connectivity index (χ0n) is 6.23. The van der Waals surface area contributed by atoms with Crippen LogP contribution >= 0.6 is 0 Å². The van der Waals surface area contributed by atoms with Gasteiger partial charge in [0.05, 0.1) is 0 Å². The molecule has 0 saturated carbocycles. The molecule has 0 heterocycles. The van der Waals surface area contributed by atoms with Gasteiger partial charge in [-0.1, -0.05) is 0 Å². The van der Waals surface area contributed by atoms with Crippen molar-refractivity contribution in [3.63, 3.8) is 0 Å². The first-order valence-corrected chi connectivity index (χ1v) is 3.65. The van der Waals surface area contributed by atoms with Crippen molar-refractivity contribution < 1.29 is 13.6 Å². The molecule has 0 saturated heterocycles. The highest BCUT2D eigenvalue weighted by Gasteiger charge is 2.22. The van der Waals surface area contributed by atoms with Crippen molar-refractivity contribution in [3.8, 4) is 0 Å². The van der Waals surface area contributed by atoms with Crippen molar-refractivity contribution in [3.05, 3.63) is 34.9 Å². The van der Waals surface area contributed by atoms with Crippen molar-refractivity contribution >= 4 is 5.78 Å². The molecule has 0 bridgehead atoms. The Kier molecular flexibility index (Phi) is 1.46. The third-order valence-corrected chi connectivity index (χ3v) is 2.01. The standard InChI is InChI=1S/C9H6F2O/c10-6-1-5-2-7(12)4-8(5)9(11)3-6/h1,3H,2,4H2. The third-order valence-electron chi connectivity index (χ3n) is 2.01. The van der Waals surface area contributed by atoms with Gasteiger partial charge in [0.1, 0.15) is 17.4 Å². The average molecular weight is 168 g/mol. The Morgan fingerprint density at radius 1 is 1.17 bits per heavy atom. The number of carbonyl (C=O) groups excluding carboxylic acids is 1. The number of hydrogen-bond donors (Lipinski definition) is 0. The molecule has 0 unspecified atom stereocenters. The molecule has 0 spiro atoms. The number of halogens is 2. The first kappa shape index (κ1) is 7.40. The third kappa shape index (κ3) is 1.02. The summed E-state index contributed by atoms with van der Waals surface area (Å²) in [7, 11) is 0. The molecule has 0 atom stereocenters. The predicted octanol–water partition coefficient (Wildman–Crippen LogP) is 1.63. The molecule has 2 rings (SSSR count). The van der Waals surface area contributed by atoms with Crippen LogP contribution in [0.4, 0.5) is 8.78 Å². The van der Waals surface area contributed by atoms with Crippen LogP contribution in [-0.2, 0) is 17.6 Å².